The van der Waals surface area contributed by atoms with Crippen molar-refractivity contribution in [3.8, 4) is 0 Å². The average molecular weight is 312 g/mol. The smallest absolute Gasteiger partial charge is 0.407 e. The van der Waals surface area contributed by atoms with Crippen LogP contribution in [0.5, 0.6) is 0 Å². The third-order valence-corrected chi connectivity index (χ3v) is 3.97. The molecule has 0 aromatic carbocycles. The van der Waals surface area contributed by atoms with Crippen LogP contribution in [0.4, 0.5) is 4.79 Å². The molecule has 116 valence electrons. The van der Waals surface area contributed by atoms with Gasteiger partial charge in [-0.15, -0.1) is 11.3 Å². The number of alkyl carbamates (subject to hydrolysis) is 1. The van der Waals surface area contributed by atoms with Gasteiger partial charge >= 0.3 is 12.1 Å². The molecule has 1 aliphatic heterocycles. The van der Waals surface area contributed by atoms with E-state index in [-0.39, 0.29) is 6.04 Å². The number of ether oxygens (including phenoxy) is 1. The van der Waals surface area contributed by atoms with Gasteiger partial charge in [-0.2, -0.15) is 0 Å². The summed E-state index contributed by atoms with van der Waals surface area (Å²) in [7, 11) is 0. The average Bonchev–Trinajstić information content (AvgIpc) is 2.76. The molecule has 1 atom stereocenters. The van der Waals surface area contributed by atoms with Crippen LogP contribution >= 0.6 is 11.3 Å². The number of carbonyl (C=O) groups excluding carboxylic acids is 1. The molecule has 0 spiro atoms. The number of nitrogens with zero attached hydrogens (tertiary/aromatic N) is 1. The molecule has 2 rings (SSSR count). The molecule has 2 N–H and O–H groups in total. The van der Waals surface area contributed by atoms with Crippen molar-refractivity contribution in [3.63, 3.8) is 0 Å². The molecule has 21 heavy (non-hydrogen) atoms. The zero-order valence-corrected chi connectivity index (χ0v) is 13.1. The molecule has 6 nitrogen and oxygen atoms in total. The van der Waals surface area contributed by atoms with Crippen LogP contribution in [0.3, 0.4) is 0 Å². The summed E-state index contributed by atoms with van der Waals surface area (Å²) in [6.45, 7) is 6.42. The Labute approximate surface area is 127 Å². The summed E-state index contributed by atoms with van der Waals surface area (Å²) >= 11 is 1.43. The van der Waals surface area contributed by atoms with Crippen molar-refractivity contribution in [2.45, 2.75) is 38.5 Å². The highest BCUT2D eigenvalue weighted by Crippen LogP contribution is 2.29. The van der Waals surface area contributed by atoms with Gasteiger partial charge in [-0.1, -0.05) is 6.07 Å². The van der Waals surface area contributed by atoms with E-state index in [1.807, 2.05) is 22.4 Å². The molecule has 1 fully saturated rings. The summed E-state index contributed by atoms with van der Waals surface area (Å²) in [6, 6.07) is 2.95. The molecule has 0 aliphatic carbocycles. The fourth-order valence-electron chi connectivity index (χ4n) is 2.19. The Morgan fingerprint density at radius 2 is 2.14 bits per heavy atom. The van der Waals surface area contributed by atoms with Crippen LogP contribution in [0.25, 0.3) is 0 Å². The second-order valence-corrected chi connectivity index (χ2v) is 7.03. The third-order valence-electron chi connectivity index (χ3n) is 3.04. The quantitative estimate of drug-likeness (QED) is 0.890. The van der Waals surface area contributed by atoms with Crippen LogP contribution in [0.2, 0.25) is 0 Å². The zero-order chi connectivity index (χ0) is 15.6. The van der Waals surface area contributed by atoms with Gasteiger partial charge in [-0.3, -0.25) is 9.69 Å². The number of rotatable bonds is 4. The Morgan fingerprint density at radius 3 is 2.62 bits per heavy atom. The van der Waals surface area contributed by atoms with Crippen molar-refractivity contribution in [2.24, 2.45) is 0 Å². The first kappa shape index (κ1) is 15.8. The number of aliphatic carboxylic acids is 1. The molecule has 7 heteroatoms. The van der Waals surface area contributed by atoms with Crippen molar-refractivity contribution in [1.29, 1.82) is 0 Å². The molecule has 0 bridgehead atoms. The van der Waals surface area contributed by atoms with Gasteiger partial charge < -0.3 is 15.2 Å². The van der Waals surface area contributed by atoms with E-state index < -0.39 is 23.7 Å². The Morgan fingerprint density at radius 1 is 1.48 bits per heavy atom. The molecule has 0 unspecified atom stereocenters. The van der Waals surface area contributed by atoms with Crippen LogP contribution in [-0.2, 0) is 9.53 Å². The number of thiophene rings is 1. The number of hydrogen-bond acceptors (Lipinski definition) is 5. The maximum absolute atomic E-state index is 11.6. The minimum Gasteiger partial charge on any atom is -0.480 e. The van der Waals surface area contributed by atoms with Crippen molar-refractivity contribution in [1.82, 2.24) is 10.2 Å². The van der Waals surface area contributed by atoms with E-state index in [2.05, 4.69) is 5.32 Å². The first-order valence-electron chi connectivity index (χ1n) is 6.76. The lowest BCUT2D eigenvalue weighted by atomic mass is 10.0. The van der Waals surface area contributed by atoms with E-state index in [0.717, 1.165) is 4.88 Å². The standard InChI is InChI=1S/C14H20N2O4S/c1-14(2,3)20-13(19)15-9-7-16(8-9)11(12(17)18)10-5-4-6-21-10/h4-6,9,11H,7-8H2,1-3H3,(H,15,19)(H,17,18)/t11-/m1/s1. The predicted molar refractivity (Wildman–Crippen MR) is 79.4 cm³/mol. The summed E-state index contributed by atoms with van der Waals surface area (Å²) in [5, 5.41) is 14.0. The summed E-state index contributed by atoms with van der Waals surface area (Å²) in [6.07, 6.45) is -0.463. The number of carboxylic acid groups (broad SMARTS) is 1. The van der Waals surface area contributed by atoms with Crippen LogP contribution in [0, 0.1) is 0 Å². The fraction of sp³-hybridized carbons (Fsp3) is 0.571. The topological polar surface area (TPSA) is 78.9 Å². The van der Waals surface area contributed by atoms with E-state index in [1.165, 1.54) is 11.3 Å². The second-order valence-electron chi connectivity index (χ2n) is 6.05. The Balaban J connectivity index is 1.85. The molecular weight excluding hydrogens is 292 g/mol. The molecule has 2 heterocycles. The highest BCUT2D eigenvalue weighted by molar-refractivity contribution is 7.10. The Hall–Kier alpha value is -1.60. The molecular formula is C14H20N2O4S. The van der Waals surface area contributed by atoms with Gasteiger partial charge in [0, 0.05) is 18.0 Å². The van der Waals surface area contributed by atoms with Gasteiger partial charge in [0.25, 0.3) is 0 Å². The normalized spacial score (nSPS) is 17.9. The maximum atomic E-state index is 11.6. The Kier molecular flexibility index (Phi) is 4.53. The van der Waals surface area contributed by atoms with Gasteiger partial charge in [0.05, 0.1) is 6.04 Å². The first-order valence-corrected chi connectivity index (χ1v) is 7.64. The van der Waals surface area contributed by atoms with Gasteiger partial charge in [0.2, 0.25) is 0 Å². The molecule has 1 amide bonds. The molecule has 0 saturated carbocycles. The SMILES string of the molecule is CC(C)(C)OC(=O)NC1CN([C@@H](C(=O)O)c2cccs2)C1. The van der Waals surface area contributed by atoms with Crippen molar-refractivity contribution >= 4 is 23.4 Å². The molecule has 0 radical (unpaired) electrons. The molecule has 1 aromatic heterocycles. The van der Waals surface area contributed by atoms with E-state index >= 15 is 0 Å². The highest BCUT2D eigenvalue weighted by atomic mass is 32.1. The lowest BCUT2D eigenvalue weighted by Gasteiger charge is -2.42. The number of amides is 1. The predicted octanol–water partition coefficient (Wildman–Crippen LogP) is 2.08. The number of carbonyl (C=O) groups is 2. The fourth-order valence-corrected chi connectivity index (χ4v) is 3.04. The number of nitrogens with one attached hydrogen (secondary N) is 1. The number of carboxylic acids is 1. The minimum atomic E-state index is -0.867. The van der Waals surface area contributed by atoms with Crippen LogP contribution in [-0.4, -0.2) is 46.8 Å². The summed E-state index contributed by atoms with van der Waals surface area (Å²) < 4.78 is 5.18. The van der Waals surface area contributed by atoms with E-state index in [4.69, 9.17) is 4.74 Å². The second kappa shape index (κ2) is 6.03. The van der Waals surface area contributed by atoms with Gasteiger partial charge in [-0.25, -0.2) is 4.79 Å². The summed E-state index contributed by atoms with van der Waals surface area (Å²) in [4.78, 5) is 25.7. The van der Waals surface area contributed by atoms with Crippen molar-refractivity contribution in [2.75, 3.05) is 13.1 Å². The minimum absolute atomic E-state index is 0.0679. The van der Waals surface area contributed by atoms with E-state index in [0.29, 0.717) is 13.1 Å². The summed E-state index contributed by atoms with van der Waals surface area (Å²) in [5.74, 6) is -0.867. The molecule has 1 saturated heterocycles. The lowest BCUT2D eigenvalue weighted by molar-refractivity contribution is -0.145. The van der Waals surface area contributed by atoms with Crippen LogP contribution in [0.15, 0.2) is 17.5 Å². The molecule has 1 aliphatic rings. The van der Waals surface area contributed by atoms with Crippen LogP contribution in [0.1, 0.15) is 31.7 Å². The first-order chi connectivity index (χ1) is 9.76. The zero-order valence-electron chi connectivity index (χ0n) is 12.3. The Bertz CT molecular complexity index is 504. The number of hydrogen-bond donors (Lipinski definition) is 2. The van der Waals surface area contributed by atoms with Crippen molar-refractivity contribution in [3.05, 3.63) is 22.4 Å². The molecule has 1 aromatic rings. The lowest BCUT2D eigenvalue weighted by Crippen LogP contribution is -2.61. The third kappa shape index (κ3) is 4.18. The van der Waals surface area contributed by atoms with Crippen molar-refractivity contribution < 1.29 is 19.4 Å². The van der Waals surface area contributed by atoms with E-state index in [1.54, 1.807) is 20.8 Å². The van der Waals surface area contributed by atoms with E-state index in [9.17, 15) is 14.7 Å². The largest absolute Gasteiger partial charge is 0.480 e. The van der Waals surface area contributed by atoms with Gasteiger partial charge in [0.15, 0.2) is 0 Å². The van der Waals surface area contributed by atoms with Gasteiger partial charge in [-0.05, 0) is 32.2 Å². The number of likely N-dealkylation sites (tertiary alicyclic amines) is 1. The maximum Gasteiger partial charge on any atom is 0.407 e. The van der Waals surface area contributed by atoms with Crippen LogP contribution < -0.4 is 5.32 Å². The monoisotopic (exact) mass is 312 g/mol. The highest BCUT2D eigenvalue weighted by Gasteiger charge is 2.38. The van der Waals surface area contributed by atoms with Gasteiger partial charge in [0.1, 0.15) is 11.6 Å². The summed E-state index contributed by atoms with van der Waals surface area (Å²) in [5.41, 5.74) is -0.534.